The Labute approximate surface area is 236 Å². The van der Waals surface area contributed by atoms with E-state index in [1.807, 2.05) is 36.4 Å². The molecule has 40 heavy (non-hydrogen) atoms. The predicted octanol–water partition coefficient (Wildman–Crippen LogP) is 5.30. The van der Waals surface area contributed by atoms with Gasteiger partial charge in [0.15, 0.2) is 6.61 Å². The molecule has 10 heteroatoms. The number of ether oxygens (including phenoxy) is 1. The third-order valence-electron chi connectivity index (χ3n) is 6.79. The number of carbonyl (C=O) groups is 2. The number of furan rings is 1. The first kappa shape index (κ1) is 27.3. The van der Waals surface area contributed by atoms with E-state index in [2.05, 4.69) is 17.0 Å². The Morgan fingerprint density at radius 3 is 2.65 bits per heavy atom. The van der Waals surface area contributed by atoms with Gasteiger partial charge in [-0.3, -0.25) is 14.4 Å². The number of unbranched alkanes of at least 4 members (excludes halogenated alkanes) is 1. The molecule has 0 bridgehead atoms. The SMILES string of the molecule is CCCCn1c(=O)c(CCC(=O)OCC(=O)N2N=C(c3ccc(Cl)cc3)C[C@@H]2c2ccco2)nc2ccccc21. The van der Waals surface area contributed by atoms with Crippen molar-refractivity contribution in [2.24, 2.45) is 5.10 Å². The fourth-order valence-electron chi connectivity index (χ4n) is 4.71. The van der Waals surface area contributed by atoms with E-state index in [0.29, 0.717) is 40.7 Å². The second kappa shape index (κ2) is 12.3. The van der Waals surface area contributed by atoms with Gasteiger partial charge in [0.05, 0.1) is 29.4 Å². The molecule has 3 heterocycles. The number of carbonyl (C=O) groups excluding carboxylic acids is 2. The fraction of sp³-hybridized carbons (Fsp3) is 0.300. The molecule has 0 radical (unpaired) electrons. The highest BCUT2D eigenvalue weighted by Crippen LogP contribution is 2.33. The zero-order valence-corrected chi connectivity index (χ0v) is 22.8. The number of rotatable bonds is 10. The van der Waals surface area contributed by atoms with E-state index in [9.17, 15) is 14.4 Å². The highest BCUT2D eigenvalue weighted by molar-refractivity contribution is 6.30. The maximum Gasteiger partial charge on any atom is 0.306 e. The lowest BCUT2D eigenvalue weighted by Crippen LogP contribution is -2.31. The molecule has 9 nitrogen and oxygen atoms in total. The lowest BCUT2D eigenvalue weighted by atomic mass is 10.0. The van der Waals surface area contributed by atoms with Crippen LogP contribution in [0.2, 0.25) is 5.02 Å². The molecule has 0 N–H and O–H groups in total. The molecule has 2 aromatic carbocycles. The molecule has 2 aromatic heterocycles. The van der Waals surface area contributed by atoms with Crippen LogP contribution in [0.1, 0.15) is 55.7 Å². The number of para-hydroxylation sites is 2. The molecule has 1 amide bonds. The van der Waals surface area contributed by atoms with Crippen molar-refractivity contribution < 1.29 is 18.7 Å². The first-order valence-corrected chi connectivity index (χ1v) is 13.7. The molecule has 0 saturated heterocycles. The third-order valence-corrected chi connectivity index (χ3v) is 7.04. The fourth-order valence-corrected chi connectivity index (χ4v) is 4.83. The van der Waals surface area contributed by atoms with Gasteiger partial charge in [0.1, 0.15) is 17.5 Å². The number of aromatic nitrogens is 2. The number of fused-ring (bicyclic) bond motifs is 1. The molecule has 206 valence electrons. The first-order chi connectivity index (χ1) is 19.4. The lowest BCUT2D eigenvalue weighted by molar-refractivity contribution is -0.152. The standard InChI is InChI=1S/C30H29ClN4O5/c1-2-3-16-34-25-8-5-4-7-22(25)32-23(30(34)38)14-15-29(37)40-19-28(36)35-26(27-9-6-17-39-27)18-24(33-35)20-10-12-21(31)13-11-20/h4-13,17,26H,2-3,14-16,18-19H2,1H3/t26-/m1/s1. The van der Waals surface area contributed by atoms with E-state index in [-0.39, 0.29) is 18.4 Å². The Bertz CT molecular complexity index is 1590. The first-order valence-electron chi connectivity index (χ1n) is 13.3. The molecule has 4 aromatic rings. The minimum absolute atomic E-state index is 0.0808. The summed E-state index contributed by atoms with van der Waals surface area (Å²) >= 11 is 6.01. The van der Waals surface area contributed by atoms with Crippen molar-refractivity contribution in [3.8, 4) is 0 Å². The summed E-state index contributed by atoms with van der Waals surface area (Å²) in [6, 6.07) is 17.7. The van der Waals surface area contributed by atoms with E-state index >= 15 is 0 Å². The molecule has 5 rings (SSSR count). The van der Waals surface area contributed by atoms with Gasteiger partial charge in [0.25, 0.3) is 11.5 Å². The van der Waals surface area contributed by atoms with Gasteiger partial charge in [0.2, 0.25) is 0 Å². The minimum atomic E-state index is -0.599. The maximum absolute atomic E-state index is 13.1. The monoisotopic (exact) mass is 560 g/mol. The molecule has 1 atom stereocenters. The summed E-state index contributed by atoms with van der Waals surface area (Å²) in [7, 11) is 0. The average molecular weight is 561 g/mol. The van der Waals surface area contributed by atoms with Crippen LogP contribution in [0.15, 0.2) is 81.2 Å². The number of benzene rings is 2. The molecule has 0 unspecified atom stereocenters. The molecule has 0 aliphatic carbocycles. The highest BCUT2D eigenvalue weighted by atomic mass is 35.5. The third kappa shape index (κ3) is 5.99. The minimum Gasteiger partial charge on any atom is -0.467 e. The van der Waals surface area contributed by atoms with Gasteiger partial charge in [-0.15, -0.1) is 0 Å². The van der Waals surface area contributed by atoms with E-state index in [0.717, 1.165) is 23.9 Å². The van der Waals surface area contributed by atoms with Crippen LogP contribution in [0.5, 0.6) is 0 Å². The quantitative estimate of drug-likeness (QED) is 0.244. The Kier molecular flexibility index (Phi) is 8.40. The number of aryl methyl sites for hydroxylation is 2. The number of hydrogen-bond acceptors (Lipinski definition) is 7. The van der Waals surface area contributed by atoms with E-state index in [1.54, 1.807) is 28.8 Å². The Morgan fingerprint density at radius 1 is 1.10 bits per heavy atom. The van der Waals surface area contributed by atoms with Crippen molar-refractivity contribution in [1.82, 2.24) is 14.6 Å². The van der Waals surface area contributed by atoms with E-state index < -0.39 is 24.5 Å². The molecule has 0 spiro atoms. The average Bonchev–Trinajstić information content (AvgIpc) is 3.65. The number of hydrazone groups is 1. The van der Waals surface area contributed by atoms with Crippen molar-refractivity contribution >= 4 is 40.2 Å². The van der Waals surface area contributed by atoms with Gasteiger partial charge in [0, 0.05) is 24.4 Å². The van der Waals surface area contributed by atoms with Crippen LogP contribution in [-0.2, 0) is 27.3 Å². The molecular formula is C30H29ClN4O5. The van der Waals surface area contributed by atoms with Gasteiger partial charge in [-0.2, -0.15) is 5.10 Å². The van der Waals surface area contributed by atoms with Crippen LogP contribution in [0.25, 0.3) is 11.0 Å². The van der Waals surface area contributed by atoms with Crippen molar-refractivity contribution in [2.45, 2.75) is 51.6 Å². The van der Waals surface area contributed by atoms with Crippen LogP contribution in [0.4, 0.5) is 0 Å². The Morgan fingerprint density at radius 2 is 1.90 bits per heavy atom. The van der Waals surface area contributed by atoms with Crippen LogP contribution >= 0.6 is 11.6 Å². The molecule has 0 saturated carbocycles. The van der Waals surface area contributed by atoms with Gasteiger partial charge >= 0.3 is 5.97 Å². The van der Waals surface area contributed by atoms with Crippen molar-refractivity contribution in [1.29, 1.82) is 0 Å². The normalized spacial score (nSPS) is 14.9. The van der Waals surface area contributed by atoms with E-state index in [4.69, 9.17) is 20.8 Å². The zero-order chi connectivity index (χ0) is 28.1. The number of hydrogen-bond donors (Lipinski definition) is 0. The Balaban J connectivity index is 1.25. The summed E-state index contributed by atoms with van der Waals surface area (Å²) in [6.45, 7) is 2.16. The second-order valence-electron chi connectivity index (χ2n) is 9.55. The van der Waals surface area contributed by atoms with E-state index in [1.165, 1.54) is 11.3 Å². The smallest absolute Gasteiger partial charge is 0.306 e. The summed E-state index contributed by atoms with van der Waals surface area (Å²) < 4.78 is 12.6. The van der Waals surface area contributed by atoms with Crippen molar-refractivity contribution in [2.75, 3.05) is 6.61 Å². The molecule has 1 aliphatic rings. The molecule has 1 aliphatic heterocycles. The maximum atomic E-state index is 13.1. The van der Waals surface area contributed by atoms with Gasteiger partial charge in [-0.25, -0.2) is 9.99 Å². The van der Waals surface area contributed by atoms with Crippen LogP contribution in [0, 0.1) is 0 Å². The van der Waals surface area contributed by atoms with Gasteiger partial charge in [-0.1, -0.05) is 49.2 Å². The number of halogens is 1. The summed E-state index contributed by atoms with van der Waals surface area (Å²) in [4.78, 5) is 43.3. The van der Waals surface area contributed by atoms with Crippen LogP contribution in [-0.4, -0.2) is 38.8 Å². The number of esters is 1. The number of nitrogens with zero attached hydrogens (tertiary/aromatic N) is 4. The van der Waals surface area contributed by atoms with Crippen molar-refractivity contribution in [3.05, 3.63) is 99.3 Å². The van der Waals surface area contributed by atoms with Gasteiger partial charge < -0.3 is 13.7 Å². The summed E-state index contributed by atoms with van der Waals surface area (Å²) in [5.74, 6) is -0.503. The summed E-state index contributed by atoms with van der Waals surface area (Å²) in [6.07, 6.45) is 3.81. The topological polar surface area (TPSA) is 107 Å². The summed E-state index contributed by atoms with van der Waals surface area (Å²) in [5.41, 5.74) is 3.09. The van der Waals surface area contributed by atoms with Crippen LogP contribution < -0.4 is 5.56 Å². The second-order valence-corrected chi connectivity index (χ2v) is 9.98. The summed E-state index contributed by atoms with van der Waals surface area (Å²) in [5, 5.41) is 6.42. The zero-order valence-electron chi connectivity index (χ0n) is 22.1. The molecule has 0 fully saturated rings. The van der Waals surface area contributed by atoms with Gasteiger partial charge in [-0.05, 0) is 48.4 Å². The number of amides is 1. The lowest BCUT2D eigenvalue weighted by Gasteiger charge is -2.19. The molecular weight excluding hydrogens is 532 g/mol. The Hall–Kier alpha value is -4.24. The highest BCUT2D eigenvalue weighted by Gasteiger charge is 2.35. The van der Waals surface area contributed by atoms with Crippen LogP contribution in [0.3, 0.4) is 0 Å². The predicted molar refractivity (Wildman–Crippen MR) is 151 cm³/mol. The largest absolute Gasteiger partial charge is 0.467 e. The van der Waals surface area contributed by atoms with Crippen molar-refractivity contribution in [3.63, 3.8) is 0 Å².